The molecule has 192 valence electrons. The van der Waals surface area contributed by atoms with Crippen LogP contribution >= 0.6 is 0 Å². The summed E-state index contributed by atoms with van der Waals surface area (Å²) in [5.41, 5.74) is -0.974. The van der Waals surface area contributed by atoms with E-state index in [0.717, 1.165) is 24.8 Å². The molecule has 2 saturated carbocycles. The average molecular weight is 481 g/mol. The summed E-state index contributed by atoms with van der Waals surface area (Å²) in [4.78, 5) is 35.5. The van der Waals surface area contributed by atoms with Crippen LogP contribution in [0.3, 0.4) is 0 Å². The molecule has 0 amide bonds. The zero-order valence-corrected chi connectivity index (χ0v) is 21.3. The second-order valence-corrected chi connectivity index (χ2v) is 11.3. The molecule has 7 unspecified atom stereocenters. The first-order chi connectivity index (χ1) is 15.7. The molecule has 0 aromatic carbocycles. The summed E-state index contributed by atoms with van der Waals surface area (Å²) < 4.78 is 23.0. The molecular weight excluding hydrogens is 440 g/mol. The van der Waals surface area contributed by atoms with E-state index in [1.54, 1.807) is 13.8 Å². The van der Waals surface area contributed by atoms with Crippen LogP contribution in [-0.2, 0) is 33.3 Å². The number of esters is 3. The van der Waals surface area contributed by atoms with Gasteiger partial charge in [-0.25, -0.2) is 0 Å². The molecule has 3 fully saturated rings. The topological polar surface area (TPSA) is 108 Å². The van der Waals surface area contributed by atoms with E-state index in [-0.39, 0.29) is 34.7 Å². The molecule has 1 N–H and O–H groups in total. The highest BCUT2D eigenvalue weighted by Gasteiger charge is 2.66. The maximum atomic E-state index is 12.1. The SMILES string of the molecule is C=C1CC(OC(C)=O)C2C(C)(CCC(OC(C)=O)C(C)(C)O)CCCC23COC(OC(C)=O)C13. The molecule has 1 aliphatic heterocycles. The van der Waals surface area contributed by atoms with Gasteiger partial charge in [-0.05, 0) is 44.9 Å². The summed E-state index contributed by atoms with van der Waals surface area (Å²) >= 11 is 0. The predicted molar refractivity (Wildman–Crippen MR) is 123 cm³/mol. The minimum Gasteiger partial charge on any atom is -0.462 e. The third kappa shape index (κ3) is 5.18. The Hall–Kier alpha value is -1.93. The van der Waals surface area contributed by atoms with Crippen molar-refractivity contribution >= 4 is 17.9 Å². The van der Waals surface area contributed by atoms with Crippen LogP contribution in [0.5, 0.6) is 0 Å². The van der Waals surface area contributed by atoms with Gasteiger partial charge in [0.1, 0.15) is 12.2 Å². The monoisotopic (exact) mass is 480 g/mol. The summed E-state index contributed by atoms with van der Waals surface area (Å²) in [7, 11) is 0. The summed E-state index contributed by atoms with van der Waals surface area (Å²) in [5.74, 6) is -1.41. The molecule has 34 heavy (non-hydrogen) atoms. The van der Waals surface area contributed by atoms with Gasteiger partial charge < -0.3 is 24.1 Å². The Kier molecular flexibility index (Phi) is 7.54. The standard InChI is InChI=1S/C26H40O8/c1-15-13-19(32-16(2)27)22-25(7,12-9-20(24(5,6)30)33-17(3)28)10-8-11-26(22)14-31-23(21(15)26)34-18(4)29/h19-23,30H,1,8-14H2,2-7H3. The average Bonchev–Trinajstić information content (AvgIpc) is 3.01. The molecular formula is C26H40O8. The molecule has 7 atom stereocenters. The summed E-state index contributed by atoms with van der Waals surface area (Å²) in [6, 6.07) is 0. The molecule has 1 spiro atoms. The maximum absolute atomic E-state index is 12.1. The fraction of sp³-hybridized carbons (Fsp3) is 0.808. The molecule has 1 saturated heterocycles. The van der Waals surface area contributed by atoms with Crippen molar-refractivity contribution in [2.24, 2.45) is 22.7 Å². The Labute approximate surface area is 202 Å². The number of ether oxygens (including phenoxy) is 4. The largest absolute Gasteiger partial charge is 0.462 e. The van der Waals surface area contributed by atoms with Crippen LogP contribution in [0, 0.1) is 22.7 Å². The molecule has 8 heteroatoms. The van der Waals surface area contributed by atoms with E-state index >= 15 is 0 Å². The zero-order chi connectivity index (χ0) is 25.5. The predicted octanol–water partition coefficient (Wildman–Crippen LogP) is 3.69. The number of carbonyl (C=O) groups is 3. The van der Waals surface area contributed by atoms with Crippen LogP contribution in [0.2, 0.25) is 0 Å². The van der Waals surface area contributed by atoms with Gasteiger partial charge in [-0.1, -0.05) is 25.5 Å². The molecule has 1 heterocycles. The van der Waals surface area contributed by atoms with Gasteiger partial charge in [0.15, 0.2) is 0 Å². The van der Waals surface area contributed by atoms with Gasteiger partial charge >= 0.3 is 17.9 Å². The van der Waals surface area contributed by atoms with E-state index in [1.807, 2.05) is 0 Å². The molecule has 0 radical (unpaired) electrons. The Balaban J connectivity index is 1.97. The van der Waals surface area contributed by atoms with Crippen LogP contribution in [0.1, 0.15) is 80.1 Å². The van der Waals surface area contributed by atoms with Crippen molar-refractivity contribution in [1.29, 1.82) is 0 Å². The highest BCUT2D eigenvalue weighted by molar-refractivity contribution is 5.67. The van der Waals surface area contributed by atoms with Crippen LogP contribution in [0.25, 0.3) is 0 Å². The van der Waals surface area contributed by atoms with Gasteiger partial charge in [0.05, 0.1) is 18.1 Å². The maximum Gasteiger partial charge on any atom is 0.304 e. The Morgan fingerprint density at radius 1 is 1.15 bits per heavy atom. The molecule has 0 bridgehead atoms. The van der Waals surface area contributed by atoms with E-state index in [4.69, 9.17) is 18.9 Å². The van der Waals surface area contributed by atoms with Crippen molar-refractivity contribution in [3.05, 3.63) is 12.2 Å². The third-order valence-corrected chi connectivity index (χ3v) is 8.12. The fourth-order valence-corrected chi connectivity index (χ4v) is 7.04. The van der Waals surface area contributed by atoms with Gasteiger partial charge in [0.25, 0.3) is 0 Å². The number of hydrogen-bond acceptors (Lipinski definition) is 8. The van der Waals surface area contributed by atoms with Gasteiger partial charge in [0, 0.05) is 38.5 Å². The zero-order valence-electron chi connectivity index (χ0n) is 21.3. The molecule has 0 aromatic rings. The molecule has 2 aliphatic carbocycles. The van der Waals surface area contributed by atoms with E-state index in [0.29, 0.717) is 25.9 Å². The number of hydrogen-bond donors (Lipinski definition) is 1. The van der Waals surface area contributed by atoms with Crippen molar-refractivity contribution in [3.8, 4) is 0 Å². The van der Waals surface area contributed by atoms with Crippen LogP contribution in [0.4, 0.5) is 0 Å². The van der Waals surface area contributed by atoms with E-state index in [2.05, 4.69) is 13.5 Å². The van der Waals surface area contributed by atoms with Crippen molar-refractivity contribution in [2.75, 3.05) is 6.61 Å². The Morgan fingerprint density at radius 3 is 2.35 bits per heavy atom. The number of aliphatic hydroxyl groups is 1. The van der Waals surface area contributed by atoms with Crippen molar-refractivity contribution in [1.82, 2.24) is 0 Å². The second-order valence-electron chi connectivity index (χ2n) is 11.3. The van der Waals surface area contributed by atoms with Gasteiger partial charge in [-0.3, -0.25) is 14.4 Å². The lowest BCUT2D eigenvalue weighted by atomic mass is 9.45. The van der Waals surface area contributed by atoms with Crippen molar-refractivity contribution in [3.63, 3.8) is 0 Å². The lowest BCUT2D eigenvalue weighted by Crippen LogP contribution is -2.59. The van der Waals surface area contributed by atoms with Gasteiger partial charge in [-0.2, -0.15) is 0 Å². The smallest absolute Gasteiger partial charge is 0.304 e. The quantitative estimate of drug-likeness (QED) is 0.334. The van der Waals surface area contributed by atoms with Crippen molar-refractivity contribution < 1.29 is 38.4 Å². The van der Waals surface area contributed by atoms with Crippen molar-refractivity contribution in [2.45, 2.75) is 104 Å². The first kappa shape index (κ1) is 26.7. The fourth-order valence-electron chi connectivity index (χ4n) is 7.04. The normalized spacial score (nSPS) is 36.1. The van der Waals surface area contributed by atoms with Gasteiger partial charge in [0.2, 0.25) is 6.29 Å². The molecule has 3 rings (SSSR count). The van der Waals surface area contributed by atoms with E-state index in [1.165, 1.54) is 20.8 Å². The number of rotatable bonds is 7. The van der Waals surface area contributed by atoms with Crippen LogP contribution in [0.15, 0.2) is 12.2 Å². The van der Waals surface area contributed by atoms with Crippen LogP contribution in [-0.4, -0.2) is 53.7 Å². The second kappa shape index (κ2) is 9.61. The van der Waals surface area contributed by atoms with E-state index in [9.17, 15) is 19.5 Å². The summed E-state index contributed by atoms with van der Waals surface area (Å²) in [6.45, 7) is 14.3. The van der Waals surface area contributed by atoms with E-state index < -0.39 is 29.9 Å². The van der Waals surface area contributed by atoms with Gasteiger partial charge in [-0.15, -0.1) is 0 Å². The highest BCUT2D eigenvalue weighted by atomic mass is 16.7. The minimum absolute atomic E-state index is 0.0616. The minimum atomic E-state index is -1.19. The first-order valence-corrected chi connectivity index (χ1v) is 12.2. The molecule has 0 aromatic heterocycles. The lowest BCUT2D eigenvalue weighted by molar-refractivity contribution is -0.181. The first-order valence-electron chi connectivity index (χ1n) is 12.2. The lowest BCUT2D eigenvalue weighted by Gasteiger charge is -2.59. The Bertz CT molecular complexity index is 829. The summed E-state index contributed by atoms with van der Waals surface area (Å²) in [5, 5.41) is 10.6. The molecule has 3 aliphatic rings. The highest BCUT2D eigenvalue weighted by Crippen LogP contribution is 2.66. The third-order valence-electron chi connectivity index (χ3n) is 8.12. The number of carbonyl (C=O) groups excluding carboxylic acids is 3. The van der Waals surface area contributed by atoms with Crippen LogP contribution < -0.4 is 0 Å². The summed E-state index contributed by atoms with van der Waals surface area (Å²) in [6.07, 6.45) is 2.56. The Morgan fingerprint density at radius 2 is 1.79 bits per heavy atom. The molecule has 8 nitrogen and oxygen atoms in total.